The van der Waals surface area contributed by atoms with Gasteiger partial charge in [-0.15, -0.1) is 0 Å². The minimum Gasteiger partial charge on any atom is -0.351 e. The van der Waals surface area contributed by atoms with Crippen molar-refractivity contribution in [3.8, 4) is 11.3 Å². The van der Waals surface area contributed by atoms with Crippen molar-refractivity contribution in [3.63, 3.8) is 0 Å². The third kappa shape index (κ3) is 5.43. The van der Waals surface area contributed by atoms with Crippen LogP contribution in [0.5, 0.6) is 0 Å². The first kappa shape index (κ1) is 23.2. The summed E-state index contributed by atoms with van der Waals surface area (Å²) in [5.41, 5.74) is 4.50. The molecule has 0 radical (unpaired) electrons. The molecule has 1 aromatic carbocycles. The highest BCUT2D eigenvalue weighted by molar-refractivity contribution is 5.76. The van der Waals surface area contributed by atoms with Gasteiger partial charge >= 0.3 is 0 Å². The Hall–Kier alpha value is -3.52. The summed E-state index contributed by atoms with van der Waals surface area (Å²) in [6.45, 7) is 3.18. The third-order valence-corrected chi connectivity index (χ3v) is 6.84. The molecule has 5 rings (SSSR count). The molecule has 4 heterocycles. The quantitative estimate of drug-likeness (QED) is 0.544. The van der Waals surface area contributed by atoms with E-state index in [1.807, 2.05) is 48.6 Å². The molecule has 182 valence electrons. The van der Waals surface area contributed by atoms with Crippen molar-refractivity contribution in [2.75, 3.05) is 43.4 Å². The molecule has 0 aliphatic carbocycles. The number of aromatic nitrogens is 3. The Morgan fingerprint density at radius 2 is 1.91 bits per heavy atom. The van der Waals surface area contributed by atoms with Crippen molar-refractivity contribution in [1.29, 1.82) is 0 Å². The van der Waals surface area contributed by atoms with Gasteiger partial charge in [0.05, 0.1) is 5.69 Å². The molecule has 2 aromatic heterocycles. The van der Waals surface area contributed by atoms with Crippen LogP contribution < -0.4 is 15.5 Å². The molecule has 8 heteroatoms. The van der Waals surface area contributed by atoms with E-state index in [1.54, 1.807) is 0 Å². The molecule has 1 saturated heterocycles. The van der Waals surface area contributed by atoms with Crippen LogP contribution >= 0.6 is 0 Å². The summed E-state index contributed by atoms with van der Waals surface area (Å²) in [5, 5.41) is 6.56. The largest absolute Gasteiger partial charge is 0.351 e. The monoisotopic (exact) mass is 471 g/mol. The highest BCUT2D eigenvalue weighted by Gasteiger charge is 2.24. The first-order chi connectivity index (χ1) is 17.2. The van der Waals surface area contributed by atoms with E-state index in [4.69, 9.17) is 9.97 Å². The lowest BCUT2D eigenvalue weighted by molar-refractivity contribution is -0.132. The number of nitrogens with zero attached hydrogens (tertiary/aromatic N) is 5. The Morgan fingerprint density at radius 3 is 2.71 bits per heavy atom. The lowest BCUT2D eigenvalue weighted by atomic mass is 10.0. The molecule has 1 fully saturated rings. The molecule has 8 nitrogen and oxygen atoms in total. The number of likely N-dealkylation sites (tertiary alicyclic amines) is 1. The van der Waals surface area contributed by atoms with E-state index in [2.05, 4.69) is 38.7 Å². The Bertz CT molecular complexity index is 1150. The number of pyridine rings is 1. The molecule has 3 aromatic rings. The summed E-state index contributed by atoms with van der Waals surface area (Å²) in [7, 11) is 1.87. The number of anilines is 3. The number of hydrogen-bond acceptors (Lipinski definition) is 7. The summed E-state index contributed by atoms with van der Waals surface area (Å²) in [6, 6.07) is 14.7. The minimum absolute atomic E-state index is 0.226. The number of amides is 1. The van der Waals surface area contributed by atoms with Crippen molar-refractivity contribution < 1.29 is 4.79 Å². The minimum atomic E-state index is 0.226. The van der Waals surface area contributed by atoms with Gasteiger partial charge in [0.25, 0.3) is 0 Å². The van der Waals surface area contributed by atoms with Gasteiger partial charge in [0.2, 0.25) is 11.9 Å². The molecule has 0 atom stereocenters. The lowest BCUT2D eigenvalue weighted by Crippen LogP contribution is -2.43. The van der Waals surface area contributed by atoms with Crippen LogP contribution in [0.3, 0.4) is 0 Å². The van der Waals surface area contributed by atoms with Crippen LogP contribution in [0.15, 0.2) is 54.9 Å². The molecule has 2 aliphatic heterocycles. The summed E-state index contributed by atoms with van der Waals surface area (Å²) < 4.78 is 0. The number of fused-ring (bicyclic) bond motifs is 1. The average Bonchev–Trinajstić information content (AvgIpc) is 2.92. The van der Waals surface area contributed by atoms with Gasteiger partial charge in [-0.1, -0.05) is 30.3 Å². The van der Waals surface area contributed by atoms with Crippen molar-refractivity contribution >= 4 is 23.4 Å². The van der Waals surface area contributed by atoms with E-state index in [0.29, 0.717) is 12.4 Å². The van der Waals surface area contributed by atoms with Gasteiger partial charge in [0.15, 0.2) is 0 Å². The zero-order chi connectivity index (χ0) is 24.0. The maximum Gasteiger partial charge on any atom is 0.224 e. The fraction of sp³-hybridized carbons (Fsp3) is 0.407. The van der Waals surface area contributed by atoms with Crippen molar-refractivity contribution in [2.45, 2.75) is 38.1 Å². The number of carbonyl (C=O) groups excluding carboxylic acids is 1. The second kappa shape index (κ2) is 10.8. The van der Waals surface area contributed by atoms with Gasteiger partial charge in [-0.3, -0.25) is 9.78 Å². The van der Waals surface area contributed by atoms with Gasteiger partial charge < -0.3 is 20.4 Å². The smallest absolute Gasteiger partial charge is 0.224 e. The molecule has 0 spiro atoms. The van der Waals surface area contributed by atoms with Gasteiger partial charge in [0.1, 0.15) is 5.82 Å². The fourth-order valence-corrected chi connectivity index (χ4v) is 4.88. The zero-order valence-corrected chi connectivity index (χ0v) is 20.3. The Balaban J connectivity index is 1.28. The highest BCUT2D eigenvalue weighted by Crippen LogP contribution is 2.35. The molecule has 0 unspecified atom stereocenters. The Morgan fingerprint density at radius 1 is 1.09 bits per heavy atom. The standard InChI is InChI=1S/C27H33N7O/c1-28-13-10-26(35)33-16-11-22(12-17-33)31-27-29-14-9-25(32-27)34-15-5-8-21-19-30-23(18-24(21)34)20-6-3-2-4-7-20/h2-4,6-7,9,14,18-19,22,28H,5,8,10-13,15-17H2,1H3,(H,29,31,32). The summed E-state index contributed by atoms with van der Waals surface area (Å²) in [4.78, 5) is 30.6. The number of carbonyl (C=O) groups is 1. The van der Waals surface area contributed by atoms with E-state index < -0.39 is 0 Å². The molecular weight excluding hydrogens is 438 g/mol. The molecule has 2 N–H and O–H groups in total. The van der Waals surface area contributed by atoms with Gasteiger partial charge in [-0.05, 0) is 50.4 Å². The van der Waals surface area contributed by atoms with E-state index in [9.17, 15) is 4.79 Å². The topological polar surface area (TPSA) is 86.3 Å². The van der Waals surface area contributed by atoms with Crippen LogP contribution in [-0.4, -0.2) is 65.0 Å². The van der Waals surface area contributed by atoms with E-state index in [1.165, 1.54) is 11.3 Å². The zero-order valence-electron chi connectivity index (χ0n) is 20.3. The van der Waals surface area contributed by atoms with Crippen molar-refractivity contribution in [2.24, 2.45) is 0 Å². The molecule has 0 saturated carbocycles. The third-order valence-electron chi connectivity index (χ3n) is 6.84. The number of aryl methyl sites for hydroxylation is 1. The van der Waals surface area contributed by atoms with Crippen LogP contribution in [0.4, 0.5) is 17.5 Å². The SMILES string of the molecule is CNCCC(=O)N1CCC(Nc2nccc(N3CCCc4cnc(-c5ccccc5)cc43)n2)CC1. The highest BCUT2D eigenvalue weighted by atomic mass is 16.2. The summed E-state index contributed by atoms with van der Waals surface area (Å²) >= 11 is 0. The van der Waals surface area contributed by atoms with Crippen molar-refractivity contribution in [1.82, 2.24) is 25.2 Å². The maximum atomic E-state index is 12.3. The Kier molecular flexibility index (Phi) is 7.18. The molecule has 1 amide bonds. The van der Waals surface area contributed by atoms with Crippen LogP contribution in [0, 0.1) is 0 Å². The molecule has 2 aliphatic rings. The van der Waals surface area contributed by atoms with E-state index in [0.717, 1.165) is 68.9 Å². The van der Waals surface area contributed by atoms with Gasteiger partial charge in [-0.2, -0.15) is 4.98 Å². The first-order valence-corrected chi connectivity index (χ1v) is 12.5. The number of rotatable bonds is 7. The molecule has 35 heavy (non-hydrogen) atoms. The lowest BCUT2D eigenvalue weighted by Gasteiger charge is -2.33. The number of nitrogens with one attached hydrogen (secondary N) is 2. The Labute approximate surface area is 206 Å². The first-order valence-electron chi connectivity index (χ1n) is 12.5. The summed E-state index contributed by atoms with van der Waals surface area (Å²) in [5.74, 6) is 1.77. The van der Waals surface area contributed by atoms with Crippen molar-refractivity contribution in [3.05, 3.63) is 60.4 Å². The molecular formula is C27H33N7O. The maximum absolute atomic E-state index is 12.3. The van der Waals surface area contributed by atoms with Gasteiger partial charge in [-0.25, -0.2) is 4.98 Å². The normalized spacial score (nSPS) is 16.1. The number of benzene rings is 1. The summed E-state index contributed by atoms with van der Waals surface area (Å²) in [6.07, 6.45) is 8.28. The van der Waals surface area contributed by atoms with E-state index in [-0.39, 0.29) is 11.9 Å². The van der Waals surface area contributed by atoms with Crippen LogP contribution in [0.2, 0.25) is 0 Å². The predicted octanol–water partition coefficient (Wildman–Crippen LogP) is 3.64. The van der Waals surface area contributed by atoms with Crippen LogP contribution in [-0.2, 0) is 11.2 Å². The number of piperidine rings is 1. The van der Waals surface area contributed by atoms with Crippen LogP contribution in [0.1, 0.15) is 31.2 Å². The predicted molar refractivity (Wildman–Crippen MR) is 139 cm³/mol. The fourth-order valence-electron chi connectivity index (χ4n) is 4.88. The molecule has 0 bridgehead atoms. The number of hydrogen-bond donors (Lipinski definition) is 2. The average molecular weight is 472 g/mol. The van der Waals surface area contributed by atoms with Crippen LogP contribution in [0.25, 0.3) is 11.3 Å². The second-order valence-corrected chi connectivity index (χ2v) is 9.21. The van der Waals surface area contributed by atoms with Gasteiger partial charge in [0, 0.05) is 62.3 Å². The second-order valence-electron chi connectivity index (χ2n) is 9.21. The van der Waals surface area contributed by atoms with E-state index >= 15 is 0 Å².